The fourth-order valence-electron chi connectivity index (χ4n) is 1.67. The van der Waals surface area contributed by atoms with Crippen LogP contribution in [0.1, 0.15) is 17.2 Å². The topological polar surface area (TPSA) is 47.3 Å². The highest BCUT2D eigenvalue weighted by Crippen LogP contribution is 2.31. The highest BCUT2D eigenvalue weighted by atomic mass is 35.5. The number of aliphatic hydroxyl groups excluding tert-OH is 1. The van der Waals surface area contributed by atoms with Crippen LogP contribution in [0.4, 0.5) is 0 Å². The minimum atomic E-state index is -0.768. The van der Waals surface area contributed by atoms with Crippen LogP contribution in [0.15, 0.2) is 30.6 Å². The molecular weight excluding hydrogens is 240 g/mol. The number of methoxy groups -OCH3 is 1. The van der Waals surface area contributed by atoms with Crippen LogP contribution in [0.25, 0.3) is 0 Å². The van der Waals surface area contributed by atoms with E-state index in [2.05, 4.69) is 5.10 Å². The summed E-state index contributed by atoms with van der Waals surface area (Å²) in [7, 11) is 3.35. The molecule has 0 aliphatic heterocycles. The Balaban J connectivity index is 2.39. The first-order valence-corrected chi connectivity index (χ1v) is 5.49. The molecule has 4 nitrogen and oxygen atoms in total. The summed E-state index contributed by atoms with van der Waals surface area (Å²) in [5.41, 5.74) is 1.39. The fourth-order valence-corrected chi connectivity index (χ4v) is 1.83. The first-order chi connectivity index (χ1) is 8.11. The highest BCUT2D eigenvalue weighted by molar-refractivity contribution is 6.30. The van der Waals surface area contributed by atoms with Gasteiger partial charge >= 0.3 is 0 Å². The first-order valence-electron chi connectivity index (χ1n) is 5.12. The second kappa shape index (κ2) is 4.77. The minimum Gasteiger partial charge on any atom is -0.496 e. The molecule has 0 fully saturated rings. The Kier molecular flexibility index (Phi) is 3.36. The SMILES string of the molecule is COc1cc(Cl)ccc1C(O)c1cnn(C)c1. The maximum atomic E-state index is 10.2. The van der Waals surface area contributed by atoms with Crippen molar-refractivity contribution in [2.24, 2.45) is 7.05 Å². The average molecular weight is 253 g/mol. The summed E-state index contributed by atoms with van der Waals surface area (Å²) >= 11 is 5.87. The van der Waals surface area contributed by atoms with Crippen LogP contribution in [0.5, 0.6) is 5.75 Å². The molecule has 1 aromatic heterocycles. The molecule has 0 spiro atoms. The second-order valence-electron chi connectivity index (χ2n) is 3.74. The predicted molar refractivity (Wildman–Crippen MR) is 65.3 cm³/mol. The van der Waals surface area contributed by atoms with Crippen LogP contribution in [0.3, 0.4) is 0 Å². The van der Waals surface area contributed by atoms with Gasteiger partial charge in [0.2, 0.25) is 0 Å². The van der Waals surface area contributed by atoms with Crippen molar-refractivity contribution in [3.8, 4) is 5.75 Å². The molecule has 0 saturated heterocycles. The Morgan fingerprint density at radius 3 is 2.82 bits per heavy atom. The van der Waals surface area contributed by atoms with E-state index in [1.165, 1.54) is 0 Å². The van der Waals surface area contributed by atoms with Gasteiger partial charge in [0, 0.05) is 29.4 Å². The molecule has 1 aromatic carbocycles. The molecule has 17 heavy (non-hydrogen) atoms. The van der Waals surface area contributed by atoms with E-state index in [9.17, 15) is 5.11 Å². The van der Waals surface area contributed by atoms with Gasteiger partial charge < -0.3 is 9.84 Å². The summed E-state index contributed by atoms with van der Waals surface area (Å²) in [5.74, 6) is 0.564. The van der Waals surface area contributed by atoms with Crippen molar-refractivity contribution in [3.05, 3.63) is 46.7 Å². The van der Waals surface area contributed by atoms with Gasteiger partial charge in [-0.3, -0.25) is 4.68 Å². The van der Waals surface area contributed by atoms with Crippen molar-refractivity contribution in [1.29, 1.82) is 0 Å². The number of benzene rings is 1. The Morgan fingerprint density at radius 1 is 1.47 bits per heavy atom. The average Bonchev–Trinajstić information content (AvgIpc) is 2.75. The molecule has 1 heterocycles. The van der Waals surface area contributed by atoms with E-state index < -0.39 is 6.10 Å². The largest absolute Gasteiger partial charge is 0.496 e. The summed E-state index contributed by atoms with van der Waals surface area (Å²) in [6.07, 6.45) is 2.62. The van der Waals surface area contributed by atoms with Crippen LogP contribution in [0.2, 0.25) is 5.02 Å². The second-order valence-corrected chi connectivity index (χ2v) is 4.17. The van der Waals surface area contributed by atoms with Gasteiger partial charge in [0.15, 0.2) is 0 Å². The van der Waals surface area contributed by atoms with E-state index in [0.717, 1.165) is 0 Å². The Bertz CT molecular complexity index is 525. The maximum Gasteiger partial charge on any atom is 0.126 e. The normalized spacial score (nSPS) is 12.5. The van der Waals surface area contributed by atoms with Gasteiger partial charge in [-0.1, -0.05) is 17.7 Å². The Morgan fingerprint density at radius 2 is 2.24 bits per heavy atom. The number of hydrogen-bond donors (Lipinski definition) is 1. The van der Waals surface area contributed by atoms with Crippen molar-refractivity contribution in [2.45, 2.75) is 6.10 Å². The van der Waals surface area contributed by atoms with Gasteiger partial charge in [0.25, 0.3) is 0 Å². The van der Waals surface area contributed by atoms with Crippen molar-refractivity contribution < 1.29 is 9.84 Å². The number of aliphatic hydroxyl groups is 1. The number of rotatable bonds is 3. The Labute approximate surface area is 104 Å². The zero-order valence-corrected chi connectivity index (χ0v) is 10.3. The molecule has 90 valence electrons. The molecule has 0 radical (unpaired) electrons. The first kappa shape index (κ1) is 12.0. The number of aryl methyl sites for hydroxylation is 1. The van der Waals surface area contributed by atoms with Crippen LogP contribution < -0.4 is 4.74 Å². The molecule has 2 aromatic rings. The van der Waals surface area contributed by atoms with Gasteiger partial charge in [-0.05, 0) is 12.1 Å². The predicted octanol–water partition coefficient (Wildman–Crippen LogP) is 2.16. The number of halogens is 1. The summed E-state index contributed by atoms with van der Waals surface area (Å²) < 4.78 is 6.84. The fraction of sp³-hybridized carbons (Fsp3) is 0.250. The van der Waals surface area contributed by atoms with Gasteiger partial charge in [-0.25, -0.2) is 0 Å². The molecule has 1 atom stereocenters. The quantitative estimate of drug-likeness (QED) is 0.911. The van der Waals surface area contributed by atoms with E-state index >= 15 is 0 Å². The summed E-state index contributed by atoms with van der Waals surface area (Å²) in [4.78, 5) is 0. The summed E-state index contributed by atoms with van der Waals surface area (Å²) in [6.45, 7) is 0. The number of ether oxygens (including phenoxy) is 1. The molecule has 0 saturated carbocycles. The van der Waals surface area contributed by atoms with Crippen molar-refractivity contribution in [2.75, 3.05) is 7.11 Å². The molecule has 5 heteroatoms. The Hall–Kier alpha value is -1.52. The lowest BCUT2D eigenvalue weighted by atomic mass is 10.0. The van der Waals surface area contributed by atoms with Crippen LogP contribution in [-0.2, 0) is 7.05 Å². The zero-order chi connectivity index (χ0) is 12.4. The minimum absolute atomic E-state index is 0.564. The molecule has 2 rings (SSSR count). The van der Waals surface area contributed by atoms with E-state index in [0.29, 0.717) is 21.9 Å². The molecular formula is C12H13ClN2O2. The molecule has 1 N–H and O–H groups in total. The molecule has 0 amide bonds. The van der Waals surface area contributed by atoms with Crippen LogP contribution in [0, 0.1) is 0 Å². The van der Waals surface area contributed by atoms with Gasteiger partial charge in [-0.2, -0.15) is 5.10 Å². The molecule has 0 bridgehead atoms. The lowest BCUT2D eigenvalue weighted by Gasteiger charge is -2.13. The van der Waals surface area contributed by atoms with Crippen LogP contribution >= 0.6 is 11.6 Å². The summed E-state index contributed by atoms with van der Waals surface area (Å²) in [5, 5.41) is 14.8. The summed E-state index contributed by atoms with van der Waals surface area (Å²) in [6, 6.07) is 5.15. The third kappa shape index (κ3) is 2.43. The van der Waals surface area contributed by atoms with E-state index in [1.807, 2.05) is 0 Å². The van der Waals surface area contributed by atoms with E-state index in [1.54, 1.807) is 49.4 Å². The van der Waals surface area contributed by atoms with E-state index in [-0.39, 0.29) is 0 Å². The number of aromatic nitrogens is 2. The third-order valence-corrected chi connectivity index (χ3v) is 2.77. The zero-order valence-electron chi connectivity index (χ0n) is 9.59. The molecule has 0 aliphatic rings. The van der Waals surface area contributed by atoms with Crippen LogP contribution in [-0.4, -0.2) is 22.0 Å². The van der Waals surface area contributed by atoms with Gasteiger partial charge in [0.05, 0.1) is 13.3 Å². The maximum absolute atomic E-state index is 10.2. The number of nitrogens with zero attached hydrogens (tertiary/aromatic N) is 2. The molecule has 0 aliphatic carbocycles. The smallest absolute Gasteiger partial charge is 0.126 e. The van der Waals surface area contributed by atoms with Crippen molar-refractivity contribution in [3.63, 3.8) is 0 Å². The highest BCUT2D eigenvalue weighted by Gasteiger charge is 2.16. The van der Waals surface area contributed by atoms with E-state index in [4.69, 9.17) is 16.3 Å². The standard InChI is InChI=1S/C12H13ClN2O2/c1-15-7-8(6-14-15)12(16)10-4-3-9(13)5-11(10)17-2/h3-7,12,16H,1-2H3. The monoisotopic (exact) mass is 252 g/mol. The third-order valence-electron chi connectivity index (χ3n) is 2.53. The molecule has 1 unspecified atom stereocenters. The van der Waals surface area contributed by atoms with Gasteiger partial charge in [0.1, 0.15) is 11.9 Å². The number of hydrogen-bond acceptors (Lipinski definition) is 3. The van der Waals surface area contributed by atoms with Gasteiger partial charge in [-0.15, -0.1) is 0 Å². The van der Waals surface area contributed by atoms with Crippen molar-refractivity contribution >= 4 is 11.6 Å². The lowest BCUT2D eigenvalue weighted by molar-refractivity contribution is 0.214. The lowest BCUT2D eigenvalue weighted by Crippen LogP contribution is -2.01. The van der Waals surface area contributed by atoms with Crippen molar-refractivity contribution in [1.82, 2.24) is 9.78 Å².